The van der Waals surface area contributed by atoms with Crippen LogP contribution in [0.5, 0.6) is 0 Å². The number of hydrogen-bond acceptors (Lipinski definition) is 4. The van der Waals surface area contributed by atoms with Crippen molar-refractivity contribution >= 4 is 11.8 Å². The summed E-state index contributed by atoms with van der Waals surface area (Å²) in [6, 6.07) is 11.4. The third-order valence-corrected chi connectivity index (χ3v) is 4.53. The molecule has 1 heterocycles. The fourth-order valence-corrected chi connectivity index (χ4v) is 2.56. The van der Waals surface area contributed by atoms with Crippen molar-refractivity contribution in [3.8, 4) is 6.07 Å². The fraction of sp³-hybridized carbons (Fsp3) is 0.500. The second-order valence-electron chi connectivity index (χ2n) is 6.56. The Kier molecular flexibility index (Phi) is 5.58. The van der Waals surface area contributed by atoms with Gasteiger partial charge < -0.3 is 9.80 Å². The SMILES string of the molecule is CN(C(=O)CN1CCN(C(=O)c2ccccc2)CC1)C(C)(C)C#N. The number of benzene rings is 1. The van der Waals surface area contributed by atoms with E-state index in [0.717, 1.165) is 0 Å². The zero-order valence-corrected chi connectivity index (χ0v) is 14.5. The van der Waals surface area contributed by atoms with Gasteiger partial charge in [-0.05, 0) is 26.0 Å². The van der Waals surface area contributed by atoms with E-state index in [-0.39, 0.29) is 18.4 Å². The Bertz CT molecular complexity index is 628. The van der Waals surface area contributed by atoms with Crippen molar-refractivity contribution < 1.29 is 9.59 Å². The lowest BCUT2D eigenvalue weighted by Crippen LogP contribution is -2.53. The van der Waals surface area contributed by atoms with E-state index in [1.807, 2.05) is 40.1 Å². The average molecular weight is 328 g/mol. The van der Waals surface area contributed by atoms with Gasteiger partial charge in [0.1, 0.15) is 5.54 Å². The molecule has 0 aromatic heterocycles. The lowest BCUT2D eigenvalue weighted by Gasteiger charge is -2.36. The largest absolute Gasteiger partial charge is 0.336 e. The van der Waals surface area contributed by atoms with Crippen molar-refractivity contribution in [1.82, 2.24) is 14.7 Å². The maximum atomic E-state index is 12.4. The van der Waals surface area contributed by atoms with E-state index in [2.05, 4.69) is 6.07 Å². The molecule has 6 heteroatoms. The van der Waals surface area contributed by atoms with Crippen molar-refractivity contribution in [3.63, 3.8) is 0 Å². The molecule has 1 saturated heterocycles. The second-order valence-corrected chi connectivity index (χ2v) is 6.56. The summed E-state index contributed by atoms with van der Waals surface area (Å²) in [7, 11) is 1.65. The summed E-state index contributed by atoms with van der Waals surface area (Å²) in [4.78, 5) is 30.0. The van der Waals surface area contributed by atoms with E-state index < -0.39 is 5.54 Å². The van der Waals surface area contributed by atoms with Crippen LogP contribution in [0.25, 0.3) is 0 Å². The number of nitriles is 1. The average Bonchev–Trinajstić information content (AvgIpc) is 2.61. The van der Waals surface area contributed by atoms with Crippen LogP contribution >= 0.6 is 0 Å². The van der Waals surface area contributed by atoms with E-state index in [1.54, 1.807) is 20.9 Å². The molecule has 2 rings (SSSR count). The van der Waals surface area contributed by atoms with Gasteiger partial charge in [0.05, 0.1) is 12.6 Å². The molecule has 2 amide bonds. The van der Waals surface area contributed by atoms with E-state index in [0.29, 0.717) is 31.7 Å². The molecule has 1 fully saturated rings. The van der Waals surface area contributed by atoms with Gasteiger partial charge in [0.15, 0.2) is 0 Å². The van der Waals surface area contributed by atoms with Gasteiger partial charge in [-0.25, -0.2) is 0 Å². The first kappa shape index (κ1) is 18.0. The molecule has 0 radical (unpaired) electrons. The van der Waals surface area contributed by atoms with Crippen molar-refractivity contribution in [1.29, 1.82) is 5.26 Å². The molecule has 24 heavy (non-hydrogen) atoms. The zero-order chi connectivity index (χ0) is 17.7. The minimum atomic E-state index is -0.817. The van der Waals surface area contributed by atoms with Crippen LogP contribution in [0, 0.1) is 11.3 Å². The van der Waals surface area contributed by atoms with Crippen LogP contribution in [-0.2, 0) is 4.79 Å². The molecule has 0 unspecified atom stereocenters. The first-order valence-electron chi connectivity index (χ1n) is 8.10. The standard InChI is InChI=1S/C18H24N4O2/c1-18(2,14-19)20(3)16(23)13-21-9-11-22(12-10-21)17(24)15-7-5-4-6-8-15/h4-8H,9-13H2,1-3H3. The molecule has 1 aliphatic rings. The molecule has 0 bridgehead atoms. The summed E-state index contributed by atoms with van der Waals surface area (Å²) in [5.74, 6) is -0.0475. The molecule has 0 N–H and O–H groups in total. The monoisotopic (exact) mass is 328 g/mol. The Morgan fingerprint density at radius 1 is 1.17 bits per heavy atom. The normalized spacial score (nSPS) is 15.7. The van der Waals surface area contributed by atoms with Crippen LogP contribution in [0.15, 0.2) is 30.3 Å². The van der Waals surface area contributed by atoms with Crippen molar-refractivity contribution in [2.24, 2.45) is 0 Å². The summed E-state index contributed by atoms with van der Waals surface area (Å²) in [6.45, 7) is 6.24. The number of piperazine rings is 1. The van der Waals surface area contributed by atoms with E-state index in [9.17, 15) is 9.59 Å². The van der Waals surface area contributed by atoms with Crippen LogP contribution in [-0.4, -0.2) is 71.8 Å². The second kappa shape index (κ2) is 7.45. The van der Waals surface area contributed by atoms with Crippen LogP contribution in [0.3, 0.4) is 0 Å². The highest BCUT2D eigenvalue weighted by Crippen LogP contribution is 2.13. The molecule has 1 aromatic carbocycles. The van der Waals surface area contributed by atoms with Crippen molar-refractivity contribution in [2.75, 3.05) is 39.8 Å². The van der Waals surface area contributed by atoms with E-state index in [1.165, 1.54) is 4.90 Å². The molecule has 0 saturated carbocycles. The van der Waals surface area contributed by atoms with Gasteiger partial charge in [0, 0.05) is 38.8 Å². The predicted molar refractivity (Wildman–Crippen MR) is 91.2 cm³/mol. The first-order chi connectivity index (χ1) is 11.3. The first-order valence-corrected chi connectivity index (χ1v) is 8.10. The minimum Gasteiger partial charge on any atom is -0.336 e. The third-order valence-electron chi connectivity index (χ3n) is 4.53. The number of nitrogens with zero attached hydrogens (tertiary/aromatic N) is 4. The fourth-order valence-electron chi connectivity index (χ4n) is 2.56. The number of carbonyl (C=O) groups is 2. The summed E-state index contributed by atoms with van der Waals surface area (Å²) in [5, 5.41) is 9.12. The zero-order valence-electron chi connectivity index (χ0n) is 14.5. The van der Waals surface area contributed by atoms with E-state index in [4.69, 9.17) is 5.26 Å². The van der Waals surface area contributed by atoms with Gasteiger partial charge in [-0.2, -0.15) is 5.26 Å². The number of rotatable bonds is 4. The van der Waals surface area contributed by atoms with Gasteiger partial charge in [-0.1, -0.05) is 18.2 Å². The number of likely N-dealkylation sites (N-methyl/N-ethyl adjacent to an activating group) is 1. The summed E-state index contributed by atoms with van der Waals surface area (Å²) >= 11 is 0. The molecule has 0 aliphatic carbocycles. The Morgan fingerprint density at radius 3 is 2.29 bits per heavy atom. The molecule has 1 aliphatic heterocycles. The maximum absolute atomic E-state index is 12.4. The number of carbonyl (C=O) groups excluding carboxylic acids is 2. The summed E-state index contributed by atoms with van der Waals surface area (Å²) < 4.78 is 0. The highest BCUT2D eigenvalue weighted by atomic mass is 16.2. The Morgan fingerprint density at radius 2 is 1.75 bits per heavy atom. The quantitative estimate of drug-likeness (QED) is 0.833. The summed E-state index contributed by atoms with van der Waals surface area (Å²) in [5.41, 5.74) is -0.125. The topological polar surface area (TPSA) is 67.7 Å². The van der Waals surface area contributed by atoms with Crippen molar-refractivity contribution in [3.05, 3.63) is 35.9 Å². The molecular weight excluding hydrogens is 304 g/mol. The summed E-state index contributed by atoms with van der Waals surface area (Å²) in [6.07, 6.45) is 0. The number of amides is 2. The molecule has 0 spiro atoms. The smallest absolute Gasteiger partial charge is 0.253 e. The van der Waals surface area contributed by atoms with Gasteiger partial charge >= 0.3 is 0 Å². The van der Waals surface area contributed by atoms with Crippen molar-refractivity contribution in [2.45, 2.75) is 19.4 Å². The molecule has 128 valence electrons. The maximum Gasteiger partial charge on any atom is 0.253 e. The van der Waals surface area contributed by atoms with Gasteiger partial charge in [0.2, 0.25) is 5.91 Å². The predicted octanol–water partition coefficient (Wildman–Crippen LogP) is 1.20. The Hall–Kier alpha value is -2.39. The molecule has 6 nitrogen and oxygen atoms in total. The third kappa shape index (κ3) is 4.12. The molecule has 1 aromatic rings. The Balaban J connectivity index is 1.86. The van der Waals surface area contributed by atoms with Crippen LogP contribution < -0.4 is 0 Å². The van der Waals surface area contributed by atoms with Crippen LogP contribution in [0.2, 0.25) is 0 Å². The lowest BCUT2D eigenvalue weighted by molar-refractivity contribution is -0.134. The van der Waals surface area contributed by atoms with Crippen LogP contribution in [0.4, 0.5) is 0 Å². The van der Waals surface area contributed by atoms with Gasteiger partial charge in [-0.15, -0.1) is 0 Å². The minimum absolute atomic E-state index is 0.0318. The number of hydrogen-bond donors (Lipinski definition) is 0. The van der Waals surface area contributed by atoms with Gasteiger partial charge in [0.25, 0.3) is 5.91 Å². The molecular formula is C18H24N4O2. The highest BCUT2D eigenvalue weighted by Gasteiger charge is 2.29. The molecule has 0 atom stereocenters. The van der Waals surface area contributed by atoms with Gasteiger partial charge in [-0.3, -0.25) is 14.5 Å². The Labute approximate surface area is 143 Å². The van der Waals surface area contributed by atoms with Crippen LogP contribution in [0.1, 0.15) is 24.2 Å². The lowest BCUT2D eigenvalue weighted by atomic mass is 10.1. The highest BCUT2D eigenvalue weighted by molar-refractivity contribution is 5.94. The van der Waals surface area contributed by atoms with E-state index >= 15 is 0 Å².